The van der Waals surface area contributed by atoms with E-state index >= 15 is 0 Å². The fourth-order valence-corrected chi connectivity index (χ4v) is 1.37. The van der Waals surface area contributed by atoms with Gasteiger partial charge in [0.2, 0.25) is 0 Å². The maximum absolute atomic E-state index is 9.39. The summed E-state index contributed by atoms with van der Waals surface area (Å²) in [7, 11) is 0. The molecule has 0 saturated heterocycles. The first-order valence-electron chi connectivity index (χ1n) is 4.27. The Bertz CT molecular complexity index is 117. The van der Waals surface area contributed by atoms with Crippen LogP contribution in [0.2, 0.25) is 0 Å². The molecule has 1 heteroatoms. The summed E-state index contributed by atoms with van der Waals surface area (Å²) < 4.78 is 0. The lowest BCUT2D eigenvalue weighted by molar-refractivity contribution is 0.0977. The van der Waals surface area contributed by atoms with Crippen molar-refractivity contribution in [2.75, 3.05) is 0 Å². The number of aliphatic hydroxyl groups excluding tert-OH is 1. The Hall–Kier alpha value is -0.300. The van der Waals surface area contributed by atoms with E-state index in [1.807, 2.05) is 13.8 Å². The fraction of sp³-hybridized carbons (Fsp3) is 0.800. The molecule has 0 aliphatic carbocycles. The maximum Gasteiger partial charge on any atom is 0.0545 e. The Kier molecular flexibility index (Phi) is 4.43. The standard InChI is InChI=1S/C10H20O/c1-7(2)6-10(8(3)4)9(5)11/h8-11H,1,6H2,2-5H3. The van der Waals surface area contributed by atoms with Crippen LogP contribution < -0.4 is 0 Å². The van der Waals surface area contributed by atoms with Crippen LogP contribution in [-0.4, -0.2) is 11.2 Å². The first-order chi connectivity index (χ1) is 4.95. The zero-order valence-electron chi connectivity index (χ0n) is 8.09. The van der Waals surface area contributed by atoms with Crippen LogP contribution >= 0.6 is 0 Å². The molecule has 0 spiro atoms. The molecule has 0 bridgehead atoms. The molecule has 0 saturated carbocycles. The van der Waals surface area contributed by atoms with Crippen molar-refractivity contribution < 1.29 is 5.11 Å². The maximum atomic E-state index is 9.39. The van der Waals surface area contributed by atoms with E-state index in [9.17, 15) is 5.11 Å². The molecular formula is C10H20O. The third-order valence-corrected chi connectivity index (χ3v) is 2.06. The van der Waals surface area contributed by atoms with Crippen molar-refractivity contribution in [3.8, 4) is 0 Å². The Morgan fingerprint density at radius 2 is 1.82 bits per heavy atom. The van der Waals surface area contributed by atoms with Crippen molar-refractivity contribution in [3.05, 3.63) is 12.2 Å². The second kappa shape index (κ2) is 4.55. The highest BCUT2D eigenvalue weighted by molar-refractivity contribution is 4.92. The highest BCUT2D eigenvalue weighted by atomic mass is 16.3. The normalized spacial score (nSPS) is 16.5. The molecule has 0 aromatic heterocycles. The van der Waals surface area contributed by atoms with Gasteiger partial charge in [0.15, 0.2) is 0 Å². The second-order valence-electron chi connectivity index (χ2n) is 3.81. The predicted molar refractivity (Wildman–Crippen MR) is 49.4 cm³/mol. The number of aliphatic hydroxyl groups is 1. The highest BCUT2D eigenvalue weighted by Gasteiger charge is 2.18. The molecule has 1 nitrogen and oxygen atoms in total. The minimum absolute atomic E-state index is 0.216. The largest absolute Gasteiger partial charge is 0.393 e. The Morgan fingerprint density at radius 3 is 1.91 bits per heavy atom. The molecule has 0 radical (unpaired) electrons. The molecule has 0 aliphatic rings. The first kappa shape index (κ1) is 10.7. The van der Waals surface area contributed by atoms with Crippen LogP contribution in [0, 0.1) is 11.8 Å². The summed E-state index contributed by atoms with van der Waals surface area (Å²) >= 11 is 0. The summed E-state index contributed by atoms with van der Waals surface area (Å²) in [6, 6.07) is 0. The van der Waals surface area contributed by atoms with Crippen molar-refractivity contribution in [2.45, 2.75) is 40.2 Å². The average Bonchev–Trinajstić information content (AvgIpc) is 1.81. The molecule has 66 valence electrons. The lowest BCUT2D eigenvalue weighted by Crippen LogP contribution is -2.22. The first-order valence-corrected chi connectivity index (χ1v) is 4.27. The Balaban J connectivity index is 4.00. The summed E-state index contributed by atoms with van der Waals surface area (Å²) in [5.41, 5.74) is 1.16. The van der Waals surface area contributed by atoms with Crippen LogP contribution in [-0.2, 0) is 0 Å². The molecule has 11 heavy (non-hydrogen) atoms. The van der Waals surface area contributed by atoms with Crippen LogP contribution in [0.3, 0.4) is 0 Å². The number of hydrogen-bond donors (Lipinski definition) is 1. The van der Waals surface area contributed by atoms with Crippen molar-refractivity contribution in [1.82, 2.24) is 0 Å². The molecule has 2 unspecified atom stereocenters. The van der Waals surface area contributed by atoms with Gasteiger partial charge in [-0.3, -0.25) is 0 Å². The molecule has 0 amide bonds. The van der Waals surface area contributed by atoms with E-state index in [0.29, 0.717) is 11.8 Å². The summed E-state index contributed by atoms with van der Waals surface area (Å²) in [5.74, 6) is 0.902. The minimum atomic E-state index is -0.216. The quantitative estimate of drug-likeness (QED) is 0.620. The molecule has 0 aromatic rings. The molecule has 1 N–H and O–H groups in total. The molecule has 0 aromatic carbocycles. The summed E-state index contributed by atoms with van der Waals surface area (Å²) in [4.78, 5) is 0. The van der Waals surface area contributed by atoms with E-state index in [1.165, 1.54) is 0 Å². The van der Waals surface area contributed by atoms with Gasteiger partial charge in [0, 0.05) is 0 Å². The van der Waals surface area contributed by atoms with Gasteiger partial charge in [-0.15, -0.1) is 6.58 Å². The minimum Gasteiger partial charge on any atom is -0.393 e. The Morgan fingerprint density at radius 1 is 1.36 bits per heavy atom. The smallest absolute Gasteiger partial charge is 0.0545 e. The van der Waals surface area contributed by atoms with E-state index in [2.05, 4.69) is 20.4 Å². The van der Waals surface area contributed by atoms with E-state index in [1.54, 1.807) is 0 Å². The van der Waals surface area contributed by atoms with Gasteiger partial charge in [-0.2, -0.15) is 0 Å². The highest BCUT2D eigenvalue weighted by Crippen LogP contribution is 2.22. The summed E-state index contributed by atoms with van der Waals surface area (Å²) in [6.45, 7) is 12.0. The van der Waals surface area contributed by atoms with E-state index < -0.39 is 0 Å². The number of rotatable bonds is 4. The van der Waals surface area contributed by atoms with E-state index in [4.69, 9.17) is 0 Å². The van der Waals surface area contributed by atoms with E-state index in [0.717, 1.165) is 12.0 Å². The number of allylic oxidation sites excluding steroid dienone is 1. The van der Waals surface area contributed by atoms with Gasteiger partial charge in [0.05, 0.1) is 6.10 Å². The molecule has 0 aliphatic heterocycles. The number of hydrogen-bond acceptors (Lipinski definition) is 1. The molecule has 0 fully saturated rings. The van der Waals surface area contributed by atoms with Gasteiger partial charge in [-0.25, -0.2) is 0 Å². The summed E-state index contributed by atoms with van der Waals surface area (Å²) in [6.07, 6.45) is 0.724. The third kappa shape index (κ3) is 4.20. The molecule has 2 atom stereocenters. The summed E-state index contributed by atoms with van der Waals surface area (Å²) in [5, 5.41) is 9.39. The van der Waals surface area contributed by atoms with Crippen LogP contribution in [0.1, 0.15) is 34.1 Å². The van der Waals surface area contributed by atoms with Gasteiger partial charge in [0.25, 0.3) is 0 Å². The lowest BCUT2D eigenvalue weighted by Gasteiger charge is -2.23. The zero-order chi connectivity index (χ0) is 9.02. The SMILES string of the molecule is C=C(C)CC(C(C)C)C(C)O. The third-order valence-electron chi connectivity index (χ3n) is 2.06. The predicted octanol–water partition coefficient (Wildman–Crippen LogP) is 2.61. The Labute approximate surface area is 70.1 Å². The fourth-order valence-electron chi connectivity index (χ4n) is 1.37. The van der Waals surface area contributed by atoms with Crippen LogP contribution in [0.25, 0.3) is 0 Å². The van der Waals surface area contributed by atoms with Crippen molar-refractivity contribution >= 4 is 0 Å². The molecular weight excluding hydrogens is 136 g/mol. The van der Waals surface area contributed by atoms with Crippen molar-refractivity contribution in [2.24, 2.45) is 11.8 Å². The average molecular weight is 156 g/mol. The van der Waals surface area contributed by atoms with Gasteiger partial charge in [-0.1, -0.05) is 19.4 Å². The van der Waals surface area contributed by atoms with Gasteiger partial charge in [-0.05, 0) is 32.1 Å². The monoisotopic (exact) mass is 156 g/mol. The molecule has 0 heterocycles. The lowest BCUT2D eigenvalue weighted by atomic mass is 9.86. The molecule has 0 rings (SSSR count). The topological polar surface area (TPSA) is 20.2 Å². The van der Waals surface area contributed by atoms with Crippen LogP contribution in [0.4, 0.5) is 0 Å². The second-order valence-corrected chi connectivity index (χ2v) is 3.81. The van der Waals surface area contributed by atoms with Gasteiger partial charge >= 0.3 is 0 Å². The van der Waals surface area contributed by atoms with Crippen LogP contribution in [0.15, 0.2) is 12.2 Å². The van der Waals surface area contributed by atoms with E-state index in [-0.39, 0.29) is 6.10 Å². The van der Waals surface area contributed by atoms with Crippen molar-refractivity contribution in [1.29, 1.82) is 0 Å². The van der Waals surface area contributed by atoms with Gasteiger partial charge in [0.1, 0.15) is 0 Å². The zero-order valence-corrected chi connectivity index (χ0v) is 8.09. The van der Waals surface area contributed by atoms with Crippen molar-refractivity contribution in [3.63, 3.8) is 0 Å². The van der Waals surface area contributed by atoms with Gasteiger partial charge < -0.3 is 5.11 Å². The van der Waals surface area contributed by atoms with Crippen LogP contribution in [0.5, 0.6) is 0 Å².